The summed E-state index contributed by atoms with van der Waals surface area (Å²) in [6.45, 7) is 7.80. The van der Waals surface area contributed by atoms with Gasteiger partial charge in [-0.2, -0.15) is 0 Å². The van der Waals surface area contributed by atoms with Crippen LogP contribution in [-0.4, -0.2) is 0 Å². The molecule has 0 amide bonds. The third-order valence-corrected chi connectivity index (χ3v) is 2.15. The van der Waals surface area contributed by atoms with E-state index in [2.05, 4.69) is 0 Å². The molecule has 0 radical (unpaired) electrons. The fourth-order valence-electron chi connectivity index (χ4n) is 0.871. The Labute approximate surface area is 76.1 Å². The van der Waals surface area contributed by atoms with Crippen LogP contribution in [0.15, 0.2) is 12.1 Å². The quantitative estimate of drug-likeness (QED) is 0.603. The smallest absolute Gasteiger partial charge is 0.0330 e. The van der Waals surface area contributed by atoms with Gasteiger partial charge in [-0.25, -0.2) is 0 Å². The molecule has 0 saturated heterocycles. The molecule has 0 atom stereocenters. The molecule has 0 spiro atoms. The number of thiophene rings is 1. The number of hydrogen-bond donors (Lipinski definition) is 0. The second-order valence-electron chi connectivity index (χ2n) is 3.79. The SMILES string of the molecule is [2H]C([2H])(c1ccc(C)s1)C(C)(C)C. The minimum Gasteiger partial charge on any atom is -0.146 e. The molecule has 62 valence electrons. The van der Waals surface area contributed by atoms with E-state index in [0.29, 0.717) is 0 Å². The molecule has 11 heavy (non-hydrogen) atoms. The number of rotatable bonds is 1. The lowest BCUT2D eigenvalue weighted by Gasteiger charge is -2.16. The molecule has 0 aliphatic rings. The van der Waals surface area contributed by atoms with Crippen LogP contribution >= 0.6 is 11.3 Å². The van der Waals surface area contributed by atoms with Crippen molar-refractivity contribution in [3.05, 3.63) is 21.9 Å². The van der Waals surface area contributed by atoms with E-state index in [-0.39, 0.29) is 5.41 Å². The molecule has 0 N–H and O–H groups in total. The van der Waals surface area contributed by atoms with Crippen LogP contribution in [0.4, 0.5) is 0 Å². The maximum Gasteiger partial charge on any atom is 0.0330 e. The van der Waals surface area contributed by atoms with Crippen molar-refractivity contribution in [2.75, 3.05) is 0 Å². The summed E-state index contributed by atoms with van der Waals surface area (Å²) in [5, 5.41) is 0. The molecular weight excluding hydrogens is 152 g/mol. The molecule has 0 bridgehead atoms. The third kappa shape index (κ3) is 3.06. The highest BCUT2D eigenvalue weighted by molar-refractivity contribution is 7.11. The van der Waals surface area contributed by atoms with Gasteiger partial charge < -0.3 is 0 Å². The molecule has 1 aromatic rings. The van der Waals surface area contributed by atoms with Gasteiger partial charge in [0.05, 0.1) is 0 Å². The van der Waals surface area contributed by atoms with E-state index in [0.717, 1.165) is 4.88 Å². The third-order valence-electron chi connectivity index (χ3n) is 1.24. The van der Waals surface area contributed by atoms with Crippen LogP contribution in [0, 0.1) is 12.3 Å². The summed E-state index contributed by atoms with van der Waals surface area (Å²) in [6, 6.07) is 3.87. The molecule has 0 aliphatic carbocycles. The van der Waals surface area contributed by atoms with Crippen LogP contribution in [-0.2, 0) is 6.37 Å². The summed E-state index contributed by atoms with van der Waals surface area (Å²) in [6.07, 6.45) is -1.23. The molecule has 1 heterocycles. The van der Waals surface area contributed by atoms with Crippen molar-refractivity contribution >= 4 is 11.3 Å². The first-order valence-electron chi connectivity index (χ1n) is 4.82. The first-order chi connectivity index (χ1) is 5.75. The summed E-state index contributed by atoms with van der Waals surface area (Å²) >= 11 is 1.55. The van der Waals surface area contributed by atoms with Gasteiger partial charge in [0.2, 0.25) is 0 Å². The van der Waals surface area contributed by atoms with E-state index in [4.69, 9.17) is 2.74 Å². The van der Waals surface area contributed by atoms with Crippen molar-refractivity contribution in [3.8, 4) is 0 Å². The van der Waals surface area contributed by atoms with Gasteiger partial charge in [-0.1, -0.05) is 20.8 Å². The van der Waals surface area contributed by atoms with Crippen LogP contribution in [0.25, 0.3) is 0 Å². The minimum absolute atomic E-state index is 0.343. The van der Waals surface area contributed by atoms with Crippen LogP contribution in [0.2, 0.25) is 0 Å². The maximum atomic E-state index is 8.01. The Morgan fingerprint density at radius 3 is 2.45 bits per heavy atom. The van der Waals surface area contributed by atoms with Crippen molar-refractivity contribution in [1.82, 2.24) is 0 Å². The van der Waals surface area contributed by atoms with Crippen LogP contribution in [0.3, 0.4) is 0 Å². The van der Waals surface area contributed by atoms with Gasteiger partial charge in [-0.3, -0.25) is 0 Å². The molecule has 1 rings (SSSR count). The molecule has 0 unspecified atom stereocenters. The second-order valence-corrected chi connectivity index (χ2v) is 5.07. The highest BCUT2D eigenvalue weighted by Crippen LogP contribution is 2.25. The molecule has 0 nitrogen and oxygen atoms in total. The monoisotopic (exact) mass is 170 g/mol. The van der Waals surface area contributed by atoms with E-state index in [1.165, 1.54) is 4.88 Å². The van der Waals surface area contributed by atoms with Crippen molar-refractivity contribution < 1.29 is 2.74 Å². The lowest BCUT2D eigenvalue weighted by molar-refractivity contribution is 0.414. The van der Waals surface area contributed by atoms with Gasteiger partial charge in [0.1, 0.15) is 0 Å². The van der Waals surface area contributed by atoms with Crippen molar-refractivity contribution in [3.63, 3.8) is 0 Å². The Balaban J connectivity index is 3.07. The summed E-state index contributed by atoms with van der Waals surface area (Å²) in [5.41, 5.74) is -0.343. The van der Waals surface area contributed by atoms with Crippen molar-refractivity contribution in [1.29, 1.82) is 0 Å². The molecule has 0 aliphatic heterocycles. The van der Waals surface area contributed by atoms with Crippen molar-refractivity contribution in [2.24, 2.45) is 5.41 Å². The highest BCUT2D eigenvalue weighted by Gasteiger charge is 2.11. The van der Waals surface area contributed by atoms with Gasteiger partial charge in [0.25, 0.3) is 0 Å². The second kappa shape index (κ2) is 2.98. The summed E-state index contributed by atoms with van der Waals surface area (Å²) in [4.78, 5) is 2.00. The largest absolute Gasteiger partial charge is 0.146 e. The number of aryl methyl sites for hydroxylation is 1. The maximum absolute atomic E-state index is 8.01. The Kier molecular flexibility index (Phi) is 1.69. The average Bonchev–Trinajstić information content (AvgIpc) is 2.33. The zero-order valence-electron chi connectivity index (χ0n) is 9.56. The minimum atomic E-state index is -1.23. The van der Waals surface area contributed by atoms with Crippen LogP contribution in [0.1, 0.15) is 33.3 Å². The van der Waals surface area contributed by atoms with Crippen LogP contribution < -0.4 is 0 Å². The van der Waals surface area contributed by atoms with E-state index in [1.807, 2.05) is 39.8 Å². The number of hydrogen-bond acceptors (Lipinski definition) is 1. The van der Waals surface area contributed by atoms with Gasteiger partial charge in [0, 0.05) is 12.5 Å². The summed E-state index contributed by atoms with van der Waals surface area (Å²) in [5.74, 6) is 0. The van der Waals surface area contributed by atoms with E-state index in [9.17, 15) is 0 Å². The van der Waals surface area contributed by atoms with E-state index in [1.54, 1.807) is 11.3 Å². The first-order valence-corrected chi connectivity index (χ1v) is 4.64. The Hall–Kier alpha value is -0.300. The average molecular weight is 170 g/mol. The zero-order valence-corrected chi connectivity index (χ0v) is 8.38. The Morgan fingerprint density at radius 2 is 2.09 bits per heavy atom. The lowest BCUT2D eigenvalue weighted by Crippen LogP contribution is -2.07. The molecule has 0 aromatic carbocycles. The molecule has 1 heteroatoms. The normalized spacial score (nSPS) is 16.0. The Bertz CT molecular complexity index is 294. The first kappa shape index (κ1) is 6.24. The Morgan fingerprint density at radius 1 is 1.45 bits per heavy atom. The zero-order chi connectivity index (χ0) is 10.3. The highest BCUT2D eigenvalue weighted by atomic mass is 32.1. The molecule has 0 fully saturated rings. The van der Waals surface area contributed by atoms with E-state index >= 15 is 0 Å². The fourth-order valence-corrected chi connectivity index (χ4v) is 1.85. The predicted molar refractivity (Wildman–Crippen MR) is 52.2 cm³/mol. The summed E-state index contributed by atoms with van der Waals surface area (Å²) in [7, 11) is 0. The summed E-state index contributed by atoms with van der Waals surface area (Å²) < 4.78 is 16.0. The topological polar surface area (TPSA) is 0 Å². The van der Waals surface area contributed by atoms with Crippen molar-refractivity contribution in [2.45, 2.75) is 34.1 Å². The molecule has 1 aromatic heterocycles. The van der Waals surface area contributed by atoms with Gasteiger partial charge >= 0.3 is 0 Å². The van der Waals surface area contributed by atoms with Gasteiger partial charge in [-0.15, -0.1) is 11.3 Å². The standard InChI is InChI=1S/C10H16S/c1-8-5-6-9(11-8)7-10(2,3)4/h5-6H,7H2,1-4H3/i7D2. The predicted octanol–water partition coefficient (Wildman–Crippen LogP) is 3.65. The van der Waals surface area contributed by atoms with E-state index < -0.39 is 6.37 Å². The molecular formula is C10H16S. The van der Waals surface area contributed by atoms with Gasteiger partial charge in [0.15, 0.2) is 0 Å². The van der Waals surface area contributed by atoms with Crippen LogP contribution in [0.5, 0.6) is 0 Å². The fraction of sp³-hybridized carbons (Fsp3) is 0.600. The molecule has 0 saturated carbocycles. The lowest BCUT2D eigenvalue weighted by atomic mass is 9.92. The van der Waals surface area contributed by atoms with Gasteiger partial charge in [-0.05, 0) is 30.8 Å².